The molecule has 1 amide bonds. The fourth-order valence-electron chi connectivity index (χ4n) is 2.55. The lowest BCUT2D eigenvalue weighted by molar-refractivity contribution is -0.396. The fraction of sp³-hybridized carbons (Fsp3) is 0.667. The Morgan fingerprint density at radius 3 is 2.84 bits per heavy atom. The Balaban J connectivity index is 1.73. The number of amides is 1. The molecule has 0 aliphatic carbocycles. The highest BCUT2D eigenvalue weighted by atomic mass is 16.6. The molecule has 19 heavy (non-hydrogen) atoms. The van der Waals surface area contributed by atoms with Crippen molar-refractivity contribution < 1.29 is 9.72 Å². The first-order chi connectivity index (χ1) is 9.20. The van der Waals surface area contributed by atoms with Crippen molar-refractivity contribution in [1.82, 2.24) is 14.5 Å². The van der Waals surface area contributed by atoms with Crippen molar-refractivity contribution in [1.29, 1.82) is 0 Å². The number of aryl methyl sites for hydroxylation is 1. The zero-order chi connectivity index (χ0) is 13.7. The summed E-state index contributed by atoms with van der Waals surface area (Å²) in [7, 11) is 0. The maximum absolute atomic E-state index is 10.7. The molecular weight excluding hydrogens is 248 g/mol. The molecule has 1 saturated heterocycles. The highest BCUT2D eigenvalue weighted by molar-refractivity contribution is 5.47. The van der Waals surface area contributed by atoms with Gasteiger partial charge in [-0.25, -0.2) is 4.57 Å². The van der Waals surface area contributed by atoms with Crippen LogP contribution in [0.2, 0.25) is 0 Å². The Morgan fingerprint density at radius 1 is 1.47 bits per heavy atom. The summed E-state index contributed by atoms with van der Waals surface area (Å²) in [6.45, 7) is 2.29. The first-order valence-corrected chi connectivity index (χ1v) is 6.55. The van der Waals surface area contributed by atoms with Gasteiger partial charge in [0.2, 0.25) is 6.41 Å². The van der Waals surface area contributed by atoms with Crippen LogP contribution in [0.25, 0.3) is 0 Å². The minimum absolute atomic E-state index is 0.0872. The molecule has 2 heterocycles. The van der Waals surface area contributed by atoms with E-state index in [0.717, 1.165) is 45.2 Å². The summed E-state index contributed by atoms with van der Waals surface area (Å²) in [4.78, 5) is 26.4. The Hall–Kier alpha value is -1.92. The number of hydrogen-bond donors (Lipinski definition) is 0. The van der Waals surface area contributed by atoms with Crippen molar-refractivity contribution >= 4 is 12.4 Å². The number of carbonyl (C=O) groups is 1. The van der Waals surface area contributed by atoms with Gasteiger partial charge in [-0.3, -0.25) is 4.79 Å². The van der Waals surface area contributed by atoms with E-state index in [2.05, 4.69) is 4.98 Å². The second kappa shape index (κ2) is 6.31. The number of likely N-dealkylation sites (tertiary alicyclic amines) is 1. The maximum Gasteiger partial charge on any atom is 0.434 e. The van der Waals surface area contributed by atoms with E-state index in [1.807, 2.05) is 0 Å². The van der Waals surface area contributed by atoms with Gasteiger partial charge in [0.05, 0.1) is 6.54 Å². The Kier molecular flexibility index (Phi) is 4.48. The summed E-state index contributed by atoms with van der Waals surface area (Å²) >= 11 is 0. The lowest BCUT2D eigenvalue weighted by Gasteiger charge is -2.28. The summed E-state index contributed by atoms with van der Waals surface area (Å²) in [5.74, 6) is 0.537. The molecule has 7 heteroatoms. The molecule has 2 rings (SSSR count). The normalized spacial score (nSPS) is 16.5. The monoisotopic (exact) mass is 266 g/mol. The van der Waals surface area contributed by atoms with Gasteiger partial charge in [0.15, 0.2) is 0 Å². The van der Waals surface area contributed by atoms with Gasteiger partial charge in [-0.2, -0.15) is 0 Å². The number of imidazole rings is 1. The average molecular weight is 266 g/mol. The molecule has 0 atom stereocenters. The first kappa shape index (κ1) is 13.5. The molecule has 0 N–H and O–H groups in total. The molecule has 7 nitrogen and oxygen atoms in total. The van der Waals surface area contributed by atoms with Gasteiger partial charge >= 0.3 is 5.95 Å². The highest BCUT2D eigenvalue weighted by Crippen LogP contribution is 2.22. The van der Waals surface area contributed by atoms with Crippen LogP contribution in [-0.2, 0) is 11.3 Å². The van der Waals surface area contributed by atoms with Gasteiger partial charge in [-0.1, -0.05) is 4.98 Å². The van der Waals surface area contributed by atoms with Crippen molar-refractivity contribution in [2.24, 2.45) is 5.92 Å². The van der Waals surface area contributed by atoms with E-state index in [1.54, 1.807) is 15.7 Å². The Labute approximate surface area is 111 Å². The molecule has 1 fully saturated rings. The minimum Gasteiger partial charge on any atom is -0.390 e. The average Bonchev–Trinajstić information content (AvgIpc) is 2.88. The molecule has 0 bridgehead atoms. The van der Waals surface area contributed by atoms with Crippen LogP contribution in [0.4, 0.5) is 5.95 Å². The number of aromatic nitrogens is 2. The van der Waals surface area contributed by atoms with E-state index in [0.29, 0.717) is 12.5 Å². The maximum atomic E-state index is 10.7. The lowest BCUT2D eigenvalue weighted by atomic mass is 9.92. The SMILES string of the molecule is O=CN1CCC(CCCn2ccnc2[N+](=O)[O-])CC1. The third-order valence-corrected chi connectivity index (χ3v) is 3.67. The minimum atomic E-state index is -0.456. The van der Waals surface area contributed by atoms with Crippen LogP contribution in [0.1, 0.15) is 25.7 Å². The molecule has 104 valence electrons. The van der Waals surface area contributed by atoms with Gasteiger partial charge in [0.1, 0.15) is 12.4 Å². The summed E-state index contributed by atoms with van der Waals surface area (Å²) in [5, 5.41) is 10.7. The molecule has 0 unspecified atom stereocenters. The van der Waals surface area contributed by atoms with Crippen LogP contribution in [0, 0.1) is 16.0 Å². The number of piperidine rings is 1. The summed E-state index contributed by atoms with van der Waals surface area (Å²) in [6.07, 6.45) is 8.03. The van der Waals surface area contributed by atoms with Gasteiger partial charge in [-0.05, 0) is 36.5 Å². The summed E-state index contributed by atoms with van der Waals surface area (Å²) in [6, 6.07) is 0. The van der Waals surface area contributed by atoms with Crippen LogP contribution in [0.5, 0.6) is 0 Å². The number of nitrogens with zero attached hydrogens (tertiary/aromatic N) is 4. The van der Waals surface area contributed by atoms with Crippen molar-refractivity contribution in [3.63, 3.8) is 0 Å². The predicted octanol–water partition coefficient (Wildman–Crippen LogP) is 1.44. The van der Waals surface area contributed by atoms with Gasteiger partial charge in [-0.15, -0.1) is 0 Å². The topological polar surface area (TPSA) is 81.3 Å². The van der Waals surface area contributed by atoms with E-state index < -0.39 is 4.92 Å². The summed E-state index contributed by atoms with van der Waals surface area (Å²) in [5.41, 5.74) is 0. The predicted molar refractivity (Wildman–Crippen MR) is 68.5 cm³/mol. The second-order valence-corrected chi connectivity index (χ2v) is 4.90. The molecular formula is C12H18N4O3. The zero-order valence-electron chi connectivity index (χ0n) is 10.8. The van der Waals surface area contributed by atoms with Crippen molar-refractivity contribution in [2.75, 3.05) is 13.1 Å². The van der Waals surface area contributed by atoms with Crippen LogP contribution in [-0.4, -0.2) is 38.9 Å². The van der Waals surface area contributed by atoms with Crippen molar-refractivity contribution in [3.8, 4) is 0 Å². The van der Waals surface area contributed by atoms with Crippen LogP contribution in [0.15, 0.2) is 12.4 Å². The van der Waals surface area contributed by atoms with Gasteiger partial charge < -0.3 is 15.0 Å². The highest BCUT2D eigenvalue weighted by Gasteiger charge is 2.19. The van der Waals surface area contributed by atoms with E-state index in [4.69, 9.17) is 0 Å². The lowest BCUT2D eigenvalue weighted by Crippen LogP contribution is -2.32. The zero-order valence-corrected chi connectivity index (χ0v) is 10.8. The second-order valence-electron chi connectivity index (χ2n) is 4.90. The molecule has 1 aromatic rings. The molecule has 0 radical (unpaired) electrons. The largest absolute Gasteiger partial charge is 0.434 e. The first-order valence-electron chi connectivity index (χ1n) is 6.55. The molecule has 1 aliphatic rings. The quantitative estimate of drug-likeness (QED) is 0.443. The number of hydrogen-bond acceptors (Lipinski definition) is 4. The van der Waals surface area contributed by atoms with Crippen LogP contribution >= 0.6 is 0 Å². The number of carbonyl (C=O) groups excluding carboxylic acids is 1. The van der Waals surface area contributed by atoms with E-state index in [-0.39, 0.29) is 5.95 Å². The molecule has 1 aliphatic heterocycles. The molecule has 0 saturated carbocycles. The van der Waals surface area contributed by atoms with E-state index >= 15 is 0 Å². The Morgan fingerprint density at radius 2 is 2.21 bits per heavy atom. The Bertz CT molecular complexity index is 438. The third kappa shape index (κ3) is 3.52. The fourth-order valence-corrected chi connectivity index (χ4v) is 2.55. The van der Waals surface area contributed by atoms with E-state index in [9.17, 15) is 14.9 Å². The smallest absolute Gasteiger partial charge is 0.390 e. The number of nitro groups is 1. The molecule has 0 spiro atoms. The van der Waals surface area contributed by atoms with Crippen molar-refractivity contribution in [3.05, 3.63) is 22.5 Å². The van der Waals surface area contributed by atoms with Gasteiger partial charge in [0, 0.05) is 13.1 Å². The molecule has 1 aromatic heterocycles. The summed E-state index contributed by atoms with van der Waals surface area (Å²) < 4.78 is 1.58. The van der Waals surface area contributed by atoms with E-state index in [1.165, 1.54) is 6.20 Å². The third-order valence-electron chi connectivity index (χ3n) is 3.67. The number of rotatable bonds is 6. The van der Waals surface area contributed by atoms with Gasteiger partial charge in [0.25, 0.3) is 0 Å². The van der Waals surface area contributed by atoms with Crippen LogP contribution in [0.3, 0.4) is 0 Å². The molecule has 0 aromatic carbocycles. The standard InChI is InChI=1S/C12H18N4O3/c17-10-14-7-3-11(4-8-14)2-1-6-15-9-5-13-12(15)16(18)19/h5,9-11H,1-4,6-8H2. The van der Waals surface area contributed by atoms with Crippen LogP contribution < -0.4 is 0 Å². The van der Waals surface area contributed by atoms with Crippen molar-refractivity contribution in [2.45, 2.75) is 32.2 Å².